The molecule has 5 N–H and O–H groups in total. The highest BCUT2D eigenvalue weighted by Gasteiger charge is 2.24. The van der Waals surface area contributed by atoms with E-state index in [1.807, 2.05) is 36.4 Å². The fourth-order valence-electron chi connectivity index (χ4n) is 14.7. The van der Waals surface area contributed by atoms with Gasteiger partial charge < -0.3 is 30.4 Å². The van der Waals surface area contributed by atoms with Gasteiger partial charge in [0.2, 0.25) is 0 Å². The van der Waals surface area contributed by atoms with Crippen LogP contribution in [0.3, 0.4) is 0 Å². The molecule has 496 valence electrons. The molecule has 1 saturated heterocycles. The summed E-state index contributed by atoms with van der Waals surface area (Å²) in [5.41, 5.74) is 24.7. The average molecular weight is 1280 g/mol. The first-order valence-electron chi connectivity index (χ1n) is 35.6. The number of likely N-dealkylation sites (tertiary alicyclic amines) is 1. The van der Waals surface area contributed by atoms with Crippen LogP contribution in [0, 0.1) is 6.92 Å². The Kier molecular flexibility index (Phi) is 26.5. The van der Waals surface area contributed by atoms with Crippen molar-refractivity contribution < 1.29 is 25.5 Å². The van der Waals surface area contributed by atoms with Crippen LogP contribution in [-0.4, -0.2) is 63.3 Å². The Hall–Kier alpha value is -8.78. The second kappa shape index (κ2) is 36.4. The maximum atomic E-state index is 9.88. The van der Waals surface area contributed by atoms with E-state index in [1.165, 1.54) is 142 Å². The van der Waals surface area contributed by atoms with Crippen LogP contribution in [0.5, 0.6) is 11.5 Å². The van der Waals surface area contributed by atoms with Crippen molar-refractivity contribution in [1.82, 2.24) is 4.90 Å². The molecule has 3 aliphatic rings. The summed E-state index contributed by atoms with van der Waals surface area (Å²) in [4.78, 5) is 2.38. The van der Waals surface area contributed by atoms with E-state index in [0.29, 0.717) is 24.7 Å². The molecule has 3 fully saturated rings. The largest absolute Gasteiger partial charge is 0.508 e. The molecular formula is C90H101NO5. The molecule has 2 aliphatic carbocycles. The molecule has 0 unspecified atom stereocenters. The van der Waals surface area contributed by atoms with Gasteiger partial charge in [-0.25, -0.2) is 0 Å². The van der Waals surface area contributed by atoms with Crippen LogP contribution in [0.2, 0.25) is 0 Å². The molecular weight excluding hydrogens is 1170 g/mol. The number of piperidine rings is 1. The Balaban J connectivity index is 0.000000157. The minimum atomic E-state index is 0.154. The fourth-order valence-corrected chi connectivity index (χ4v) is 14.7. The quantitative estimate of drug-likeness (QED) is 0.0433. The standard InChI is InChI=1S/C31H35NO2.C30H34O.C29H32O2/c1-23(2)32-20-18-25(19-21-32)24-10-12-27(13-11-24)31(28-14-16-29(34)17-15-28)30(9-6-22-33)26-7-4-3-5-8-26;1-23-14-16-27(17-15-23)30(29(13-8-22-31)26-11-6-3-7-12-26)28-20-18-25(19-21-28)24-9-4-2-5-10-24;30-21-7-12-28(24-10-5-2-6-11-24)29(26-17-19-27(31)20-18-26)25-15-13-23(14-16-25)22-8-3-1-4-9-22/h3-5,7-8,10-17,25,33-34H,1,6,9,18-22H2,2H3;3,6-7,11-12,14-21,24,31H,2,4-5,8-10,13,22H2,1H3;2,5-6,10-11,13-20,22,30-31H,1,3-4,7-9,12,21H2/b31-30+;30-29-;29-28+. The molecule has 0 bridgehead atoms. The van der Waals surface area contributed by atoms with Crippen LogP contribution >= 0.6 is 0 Å². The van der Waals surface area contributed by atoms with Crippen molar-refractivity contribution in [2.75, 3.05) is 32.9 Å². The van der Waals surface area contributed by atoms with Gasteiger partial charge in [-0.05, 0) is 233 Å². The lowest BCUT2D eigenvalue weighted by molar-refractivity contribution is 0.264. The summed E-state index contributed by atoms with van der Waals surface area (Å²) in [6.07, 6.45) is 20.3. The summed E-state index contributed by atoms with van der Waals surface area (Å²) < 4.78 is 0. The molecule has 0 amide bonds. The topological polar surface area (TPSA) is 104 Å². The molecule has 0 atom stereocenters. The van der Waals surface area contributed by atoms with Gasteiger partial charge in [-0.2, -0.15) is 0 Å². The summed E-state index contributed by atoms with van der Waals surface area (Å²) in [7, 11) is 0. The van der Waals surface area contributed by atoms with E-state index in [1.54, 1.807) is 24.3 Å². The maximum absolute atomic E-state index is 9.88. The highest BCUT2D eigenvalue weighted by atomic mass is 16.3. The molecule has 12 rings (SSSR count). The van der Waals surface area contributed by atoms with Crippen molar-refractivity contribution in [1.29, 1.82) is 0 Å². The van der Waals surface area contributed by atoms with Crippen LogP contribution in [0.15, 0.2) is 249 Å². The molecule has 1 heterocycles. The van der Waals surface area contributed by atoms with Gasteiger partial charge in [-0.3, -0.25) is 0 Å². The minimum Gasteiger partial charge on any atom is -0.508 e. The number of rotatable bonds is 22. The summed E-state index contributed by atoms with van der Waals surface area (Å²) in [6, 6.07) is 82.8. The third kappa shape index (κ3) is 19.2. The summed E-state index contributed by atoms with van der Waals surface area (Å²) in [5.74, 6) is 2.52. The van der Waals surface area contributed by atoms with E-state index < -0.39 is 0 Å². The van der Waals surface area contributed by atoms with Gasteiger partial charge in [-0.15, -0.1) is 0 Å². The first-order chi connectivity index (χ1) is 47.1. The second-order valence-corrected chi connectivity index (χ2v) is 26.6. The number of hydrogen-bond donors (Lipinski definition) is 5. The van der Waals surface area contributed by atoms with Crippen molar-refractivity contribution in [3.05, 3.63) is 321 Å². The molecule has 9 aromatic rings. The van der Waals surface area contributed by atoms with Gasteiger partial charge in [0.15, 0.2) is 0 Å². The fraction of sp³-hybridized carbons (Fsp3) is 0.311. The van der Waals surface area contributed by atoms with Gasteiger partial charge in [0.25, 0.3) is 0 Å². The number of aromatic hydroxyl groups is 2. The normalized spacial score (nSPS) is 15.4. The molecule has 0 spiro atoms. The summed E-state index contributed by atoms with van der Waals surface area (Å²) in [5, 5.41) is 48.4. The number of aliphatic hydroxyl groups excluding tert-OH is 3. The number of aryl methyl sites for hydroxylation is 1. The van der Waals surface area contributed by atoms with E-state index in [0.717, 1.165) is 91.1 Å². The zero-order valence-corrected chi connectivity index (χ0v) is 56.9. The minimum absolute atomic E-state index is 0.154. The number of hydrogen-bond acceptors (Lipinski definition) is 6. The van der Waals surface area contributed by atoms with Crippen molar-refractivity contribution in [2.24, 2.45) is 0 Å². The highest BCUT2D eigenvalue weighted by molar-refractivity contribution is 6.01. The highest BCUT2D eigenvalue weighted by Crippen LogP contribution is 2.42. The monoisotopic (exact) mass is 1280 g/mol. The Morgan fingerprint density at radius 3 is 0.865 bits per heavy atom. The number of allylic oxidation sites excluding steroid dienone is 4. The molecule has 0 aromatic heterocycles. The lowest BCUT2D eigenvalue weighted by atomic mass is 9.82. The maximum Gasteiger partial charge on any atom is 0.115 e. The first kappa shape index (κ1) is 70.0. The smallest absolute Gasteiger partial charge is 0.115 e. The van der Waals surface area contributed by atoms with E-state index in [-0.39, 0.29) is 31.3 Å². The number of benzene rings is 9. The Bertz CT molecular complexity index is 3720. The van der Waals surface area contributed by atoms with Gasteiger partial charge >= 0.3 is 0 Å². The predicted octanol–water partition coefficient (Wildman–Crippen LogP) is 21.8. The summed E-state index contributed by atoms with van der Waals surface area (Å²) in [6.45, 7) is 11.0. The number of phenols is 2. The number of aliphatic hydroxyl groups is 3. The molecule has 9 aromatic carbocycles. The van der Waals surface area contributed by atoms with Crippen molar-refractivity contribution in [3.8, 4) is 11.5 Å². The van der Waals surface area contributed by atoms with Crippen LogP contribution in [-0.2, 0) is 0 Å². The molecule has 2 saturated carbocycles. The van der Waals surface area contributed by atoms with Gasteiger partial charge in [0.1, 0.15) is 11.5 Å². The average Bonchev–Trinajstić information content (AvgIpc) is 0.869. The van der Waals surface area contributed by atoms with Crippen LogP contribution < -0.4 is 0 Å². The molecule has 6 nitrogen and oxygen atoms in total. The van der Waals surface area contributed by atoms with Crippen LogP contribution in [0.25, 0.3) is 33.4 Å². The van der Waals surface area contributed by atoms with Crippen LogP contribution in [0.1, 0.15) is 213 Å². The van der Waals surface area contributed by atoms with Crippen molar-refractivity contribution >= 4 is 33.4 Å². The van der Waals surface area contributed by atoms with Gasteiger partial charge in [0.05, 0.1) is 0 Å². The zero-order chi connectivity index (χ0) is 66.9. The lowest BCUT2D eigenvalue weighted by Crippen LogP contribution is -2.31. The number of nitrogens with zero attached hydrogens (tertiary/aromatic N) is 1. The third-order valence-electron chi connectivity index (χ3n) is 19.9. The molecule has 6 heteroatoms. The Morgan fingerprint density at radius 2 is 0.594 bits per heavy atom. The van der Waals surface area contributed by atoms with Gasteiger partial charge in [0, 0.05) is 38.6 Å². The SMILES string of the molecule is C=C(C)N1CCC(c2ccc(/C(=C(/CCCO)c3ccccc3)c3ccc(O)cc3)cc2)CC1.Cc1ccc(/C(=C(\CCCO)c2ccccc2)c2ccc(C3CCCCC3)cc2)cc1.OCCC/C(=C(\c1ccc(O)cc1)c1ccc(C2CCCCC2)cc1)c1ccccc1. The Morgan fingerprint density at radius 1 is 0.333 bits per heavy atom. The zero-order valence-electron chi connectivity index (χ0n) is 56.9. The van der Waals surface area contributed by atoms with Crippen molar-refractivity contribution in [2.45, 2.75) is 147 Å². The predicted molar refractivity (Wildman–Crippen MR) is 403 cm³/mol. The van der Waals surface area contributed by atoms with Crippen LogP contribution in [0.4, 0.5) is 0 Å². The van der Waals surface area contributed by atoms with E-state index in [4.69, 9.17) is 0 Å². The summed E-state index contributed by atoms with van der Waals surface area (Å²) >= 11 is 0. The molecule has 96 heavy (non-hydrogen) atoms. The Labute approximate surface area is 573 Å². The number of phenolic OH excluding ortho intramolecular Hbond substituents is 2. The van der Waals surface area contributed by atoms with Gasteiger partial charge in [-0.1, -0.05) is 263 Å². The van der Waals surface area contributed by atoms with E-state index >= 15 is 0 Å². The van der Waals surface area contributed by atoms with E-state index in [2.05, 4.69) is 201 Å². The third-order valence-corrected chi connectivity index (χ3v) is 19.9. The van der Waals surface area contributed by atoms with E-state index in [9.17, 15) is 25.5 Å². The molecule has 1 aliphatic heterocycles. The first-order valence-corrected chi connectivity index (χ1v) is 35.6. The lowest BCUT2D eigenvalue weighted by Gasteiger charge is -2.34. The van der Waals surface area contributed by atoms with Crippen molar-refractivity contribution in [3.63, 3.8) is 0 Å². The second-order valence-electron chi connectivity index (χ2n) is 26.6. The molecule has 0 radical (unpaired) electrons.